The van der Waals surface area contributed by atoms with E-state index < -0.39 is 0 Å². The fourth-order valence-electron chi connectivity index (χ4n) is 2.51. The Hall–Kier alpha value is -1.64. The lowest BCUT2D eigenvalue weighted by atomic mass is 9.85. The van der Waals surface area contributed by atoms with Gasteiger partial charge in [-0.2, -0.15) is 0 Å². The van der Waals surface area contributed by atoms with E-state index in [-0.39, 0.29) is 35.2 Å². The van der Waals surface area contributed by atoms with Gasteiger partial charge in [0.1, 0.15) is 5.82 Å². The zero-order valence-electron chi connectivity index (χ0n) is 15.7. The van der Waals surface area contributed by atoms with Crippen molar-refractivity contribution in [2.75, 3.05) is 19.6 Å². The van der Waals surface area contributed by atoms with E-state index in [0.717, 1.165) is 37.6 Å². The number of hydrogen-bond acceptors (Lipinski definition) is 2. The van der Waals surface area contributed by atoms with Crippen molar-refractivity contribution < 1.29 is 4.39 Å². The minimum Gasteiger partial charge on any atom is -0.357 e. The van der Waals surface area contributed by atoms with E-state index in [9.17, 15) is 4.39 Å². The molecule has 0 fully saturated rings. The van der Waals surface area contributed by atoms with Crippen molar-refractivity contribution in [1.82, 2.24) is 20.2 Å². The second-order valence-electron chi connectivity index (χ2n) is 6.67. The smallest absolute Gasteiger partial charge is 0.191 e. The van der Waals surface area contributed by atoms with Crippen LogP contribution in [0, 0.1) is 5.82 Å². The Morgan fingerprint density at radius 1 is 1.31 bits per heavy atom. The normalized spacial score (nSPS) is 11.8. The second kappa shape index (κ2) is 11.2. The Labute approximate surface area is 172 Å². The summed E-state index contributed by atoms with van der Waals surface area (Å²) in [5.74, 6) is 0.580. The second-order valence-corrected chi connectivity index (χ2v) is 6.67. The molecule has 144 valence electrons. The molecule has 1 aromatic heterocycles. The molecule has 0 aliphatic heterocycles. The lowest BCUT2D eigenvalue weighted by Crippen LogP contribution is -2.39. The third-order valence-corrected chi connectivity index (χ3v) is 4.03. The van der Waals surface area contributed by atoms with E-state index in [0.29, 0.717) is 6.54 Å². The number of aliphatic imine (C=N–C) groups is 1. The quantitative estimate of drug-likeness (QED) is 0.267. The van der Waals surface area contributed by atoms with Gasteiger partial charge in [-0.25, -0.2) is 9.37 Å². The van der Waals surface area contributed by atoms with Crippen LogP contribution in [0.2, 0.25) is 0 Å². The number of rotatable bonds is 8. The fourth-order valence-corrected chi connectivity index (χ4v) is 2.51. The Kier molecular flexibility index (Phi) is 9.61. The molecule has 26 heavy (non-hydrogen) atoms. The molecule has 0 unspecified atom stereocenters. The van der Waals surface area contributed by atoms with Crippen molar-refractivity contribution in [2.45, 2.75) is 39.2 Å². The van der Waals surface area contributed by atoms with E-state index in [4.69, 9.17) is 0 Å². The zero-order valence-corrected chi connectivity index (χ0v) is 18.0. The van der Waals surface area contributed by atoms with Crippen LogP contribution in [0.3, 0.4) is 0 Å². The molecule has 0 saturated carbocycles. The van der Waals surface area contributed by atoms with Crippen molar-refractivity contribution in [1.29, 1.82) is 0 Å². The van der Waals surface area contributed by atoms with Gasteiger partial charge in [-0.15, -0.1) is 24.0 Å². The minimum atomic E-state index is -0.235. The first-order valence-electron chi connectivity index (χ1n) is 8.75. The average Bonchev–Trinajstić information content (AvgIpc) is 3.10. The molecule has 0 radical (unpaired) electrons. The largest absolute Gasteiger partial charge is 0.357 e. The highest BCUT2D eigenvalue weighted by molar-refractivity contribution is 14.0. The van der Waals surface area contributed by atoms with Gasteiger partial charge in [-0.3, -0.25) is 4.99 Å². The van der Waals surface area contributed by atoms with Gasteiger partial charge < -0.3 is 15.2 Å². The first-order valence-corrected chi connectivity index (χ1v) is 8.75. The number of nitrogens with one attached hydrogen (secondary N) is 2. The average molecular weight is 473 g/mol. The fraction of sp³-hybridized carbons (Fsp3) is 0.474. The predicted molar refractivity (Wildman–Crippen MR) is 116 cm³/mol. The van der Waals surface area contributed by atoms with Crippen molar-refractivity contribution in [3.05, 3.63) is 54.4 Å². The van der Waals surface area contributed by atoms with E-state index in [1.807, 2.05) is 25.5 Å². The molecule has 0 bridgehead atoms. The summed E-state index contributed by atoms with van der Waals surface area (Å²) < 4.78 is 15.5. The maximum Gasteiger partial charge on any atom is 0.191 e. The number of aromatic nitrogens is 2. The Balaban J connectivity index is 0.00000338. The van der Waals surface area contributed by atoms with Gasteiger partial charge in [0.05, 0.1) is 12.9 Å². The SMILES string of the molecule is CCNC(=NCC(C)(C)c1cccc(F)c1)NCCCn1ccnc1.I. The van der Waals surface area contributed by atoms with E-state index in [1.54, 1.807) is 18.3 Å². The molecule has 0 aliphatic carbocycles. The van der Waals surface area contributed by atoms with Crippen LogP contribution in [0.25, 0.3) is 0 Å². The van der Waals surface area contributed by atoms with Gasteiger partial charge in [0.2, 0.25) is 0 Å². The highest BCUT2D eigenvalue weighted by atomic mass is 127. The van der Waals surface area contributed by atoms with Crippen LogP contribution >= 0.6 is 24.0 Å². The molecule has 1 aromatic carbocycles. The molecule has 0 spiro atoms. The van der Waals surface area contributed by atoms with Gasteiger partial charge in [0.15, 0.2) is 5.96 Å². The van der Waals surface area contributed by atoms with Crippen molar-refractivity contribution >= 4 is 29.9 Å². The standard InChI is InChI=1S/C19H28FN5.HI/c1-4-22-18(23-9-6-11-25-12-10-21-15-25)24-14-19(2,3)16-7-5-8-17(20)13-16;/h5,7-8,10,12-13,15H,4,6,9,11,14H2,1-3H3,(H2,22,23,24);1H. The summed E-state index contributed by atoms with van der Waals surface area (Å²) in [4.78, 5) is 8.72. The number of nitrogens with zero attached hydrogens (tertiary/aromatic N) is 3. The van der Waals surface area contributed by atoms with Gasteiger partial charge in [-0.1, -0.05) is 26.0 Å². The highest BCUT2D eigenvalue weighted by Gasteiger charge is 2.21. The molecule has 7 heteroatoms. The maximum absolute atomic E-state index is 13.5. The van der Waals surface area contributed by atoms with Crippen molar-refractivity contribution in [2.24, 2.45) is 4.99 Å². The van der Waals surface area contributed by atoms with Crippen LogP contribution in [-0.4, -0.2) is 35.1 Å². The number of halogens is 2. The minimum absolute atomic E-state index is 0. The monoisotopic (exact) mass is 473 g/mol. The zero-order chi connectivity index (χ0) is 18.1. The summed E-state index contributed by atoms with van der Waals surface area (Å²) in [6.07, 6.45) is 6.54. The van der Waals surface area contributed by atoms with Gasteiger partial charge in [-0.05, 0) is 31.0 Å². The summed E-state index contributed by atoms with van der Waals surface area (Å²) >= 11 is 0. The Bertz CT molecular complexity index is 670. The number of hydrogen-bond donors (Lipinski definition) is 2. The number of aryl methyl sites for hydroxylation is 1. The number of benzene rings is 1. The van der Waals surface area contributed by atoms with Crippen LogP contribution in [0.15, 0.2) is 48.0 Å². The lowest BCUT2D eigenvalue weighted by molar-refractivity contribution is 0.528. The topological polar surface area (TPSA) is 54.2 Å². The molecule has 2 rings (SSSR count). The highest BCUT2D eigenvalue weighted by Crippen LogP contribution is 2.24. The third kappa shape index (κ3) is 7.31. The maximum atomic E-state index is 13.5. The van der Waals surface area contributed by atoms with Crippen LogP contribution in [0.4, 0.5) is 4.39 Å². The molecule has 2 N–H and O–H groups in total. The molecule has 5 nitrogen and oxygen atoms in total. The summed E-state index contributed by atoms with van der Waals surface area (Å²) in [5.41, 5.74) is 0.716. The van der Waals surface area contributed by atoms with E-state index >= 15 is 0 Å². The summed E-state index contributed by atoms with van der Waals surface area (Å²) in [7, 11) is 0. The third-order valence-electron chi connectivity index (χ3n) is 4.03. The molecule has 1 heterocycles. The van der Waals surface area contributed by atoms with Crippen molar-refractivity contribution in [3.63, 3.8) is 0 Å². The van der Waals surface area contributed by atoms with E-state index in [2.05, 4.69) is 39.0 Å². The molecular formula is C19H29FIN5. The van der Waals surface area contributed by atoms with Crippen LogP contribution in [0.5, 0.6) is 0 Å². The molecule has 0 amide bonds. The van der Waals surface area contributed by atoms with Gasteiger partial charge in [0, 0.05) is 37.4 Å². The molecular weight excluding hydrogens is 444 g/mol. The van der Waals surface area contributed by atoms with Crippen molar-refractivity contribution in [3.8, 4) is 0 Å². The Morgan fingerprint density at radius 2 is 2.12 bits per heavy atom. The molecule has 0 saturated heterocycles. The Morgan fingerprint density at radius 3 is 2.77 bits per heavy atom. The number of guanidine groups is 1. The van der Waals surface area contributed by atoms with Crippen LogP contribution in [0.1, 0.15) is 32.8 Å². The number of imidazole rings is 1. The first kappa shape index (κ1) is 22.4. The molecule has 2 aromatic rings. The molecule has 0 aliphatic rings. The van der Waals surface area contributed by atoms with Gasteiger partial charge >= 0.3 is 0 Å². The summed E-state index contributed by atoms with van der Waals surface area (Å²) in [5, 5.41) is 6.61. The predicted octanol–water partition coefficient (Wildman–Crippen LogP) is 3.56. The van der Waals surface area contributed by atoms with Crippen LogP contribution < -0.4 is 10.6 Å². The molecule has 0 atom stereocenters. The lowest BCUT2D eigenvalue weighted by Gasteiger charge is -2.24. The first-order chi connectivity index (χ1) is 12.0. The van der Waals surface area contributed by atoms with Crippen LogP contribution in [-0.2, 0) is 12.0 Å². The van der Waals surface area contributed by atoms with E-state index in [1.165, 1.54) is 6.07 Å². The van der Waals surface area contributed by atoms with Gasteiger partial charge in [0.25, 0.3) is 0 Å². The summed E-state index contributed by atoms with van der Waals surface area (Å²) in [6.45, 7) is 9.31. The summed E-state index contributed by atoms with van der Waals surface area (Å²) in [6, 6.07) is 6.75.